The number of nitrogens with zero attached hydrogens (tertiary/aromatic N) is 3. The van der Waals surface area contributed by atoms with Crippen LogP contribution >= 0.6 is 0 Å². The van der Waals surface area contributed by atoms with E-state index in [9.17, 15) is 4.79 Å². The van der Waals surface area contributed by atoms with Crippen LogP contribution in [0.15, 0.2) is 29.5 Å². The summed E-state index contributed by atoms with van der Waals surface area (Å²) in [6, 6.07) is 4.90. The topological polar surface area (TPSA) is 87.5 Å². The molecule has 138 valence electrons. The second-order valence-corrected chi connectivity index (χ2v) is 5.82. The second-order valence-electron chi connectivity index (χ2n) is 5.82. The van der Waals surface area contributed by atoms with Crippen LogP contribution in [-0.2, 0) is 9.53 Å². The van der Waals surface area contributed by atoms with Gasteiger partial charge >= 0.3 is 5.97 Å². The molecule has 8 heteroatoms. The first-order chi connectivity index (χ1) is 12.5. The highest BCUT2D eigenvalue weighted by Gasteiger charge is 2.36. The SMILES string of the molecule is CCOC(=O)C1=C(C)Nc2nc(C)nn2C1c1cc(OC)ccc1OC. The Morgan fingerprint density at radius 3 is 2.69 bits per heavy atom. The highest BCUT2D eigenvalue weighted by Crippen LogP contribution is 2.40. The van der Waals surface area contributed by atoms with Gasteiger partial charge in [0.2, 0.25) is 5.95 Å². The van der Waals surface area contributed by atoms with E-state index in [2.05, 4.69) is 15.4 Å². The van der Waals surface area contributed by atoms with Crippen molar-refractivity contribution >= 4 is 11.9 Å². The molecule has 1 atom stereocenters. The molecule has 2 heterocycles. The number of nitrogens with one attached hydrogen (secondary N) is 1. The molecular formula is C18H22N4O4. The predicted octanol–water partition coefficient (Wildman–Crippen LogP) is 2.46. The number of aromatic nitrogens is 3. The summed E-state index contributed by atoms with van der Waals surface area (Å²) in [6.07, 6.45) is 0. The van der Waals surface area contributed by atoms with Crippen molar-refractivity contribution in [1.82, 2.24) is 14.8 Å². The van der Waals surface area contributed by atoms with E-state index < -0.39 is 12.0 Å². The largest absolute Gasteiger partial charge is 0.497 e. The Kier molecular flexibility index (Phi) is 4.83. The lowest BCUT2D eigenvalue weighted by Crippen LogP contribution is -2.30. The molecule has 1 aliphatic heterocycles. The Labute approximate surface area is 151 Å². The van der Waals surface area contributed by atoms with Gasteiger partial charge in [-0.2, -0.15) is 10.1 Å². The lowest BCUT2D eigenvalue weighted by atomic mass is 9.94. The van der Waals surface area contributed by atoms with Gasteiger partial charge in [0.25, 0.3) is 0 Å². The maximum Gasteiger partial charge on any atom is 0.338 e. The van der Waals surface area contributed by atoms with Crippen molar-refractivity contribution in [1.29, 1.82) is 0 Å². The Morgan fingerprint density at radius 2 is 2.04 bits per heavy atom. The van der Waals surface area contributed by atoms with E-state index in [1.165, 1.54) is 0 Å². The van der Waals surface area contributed by atoms with Crippen molar-refractivity contribution < 1.29 is 19.0 Å². The molecule has 0 bridgehead atoms. The van der Waals surface area contributed by atoms with Crippen LogP contribution in [0.25, 0.3) is 0 Å². The zero-order valence-corrected chi connectivity index (χ0v) is 15.5. The molecule has 0 fully saturated rings. The number of anilines is 1. The van der Waals surface area contributed by atoms with Crippen LogP contribution in [0.1, 0.15) is 31.3 Å². The third-order valence-electron chi connectivity index (χ3n) is 4.19. The van der Waals surface area contributed by atoms with Gasteiger partial charge in [-0.1, -0.05) is 0 Å². The molecule has 0 aliphatic carbocycles. The minimum Gasteiger partial charge on any atom is -0.497 e. The van der Waals surface area contributed by atoms with Crippen molar-refractivity contribution in [2.75, 3.05) is 26.1 Å². The third kappa shape index (κ3) is 2.98. The Morgan fingerprint density at radius 1 is 1.27 bits per heavy atom. The van der Waals surface area contributed by atoms with Crippen molar-refractivity contribution in [2.24, 2.45) is 0 Å². The monoisotopic (exact) mass is 358 g/mol. The lowest BCUT2D eigenvalue weighted by Gasteiger charge is -2.29. The number of fused-ring (bicyclic) bond motifs is 1. The molecule has 1 aromatic carbocycles. The first-order valence-corrected chi connectivity index (χ1v) is 8.30. The van der Waals surface area contributed by atoms with Gasteiger partial charge in [0.15, 0.2) is 0 Å². The molecule has 8 nitrogen and oxygen atoms in total. The summed E-state index contributed by atoms with van der Waals surface area (Å²) in [7, 11) is 3.17. The van der Waals surface area contributed by atoms with E-state index in [4.69, 9.17) is 14.2 Å². The number of methoxy groups -OCH3 is 2. The Hall–Kier alpha value is -3.03. The molecule has 1 unspecified atom stereocenters. The average molecular weight is 358 g/mol. The Balaban J connectivity index is 2.24. The number of esters is 1. The van der Waals surface area contributed by atoms with E-state index in [1.807, 2.05) is 13.0 Å². The molecule has 1 aromatic heterocycles. The summed E-state index contributed by atoms with van der Waals surface area (Å²) in [5, 5.41) is 7.60. The van der Waals surface area contributed by atoms with Crippen LogP contribution < -0.4 is 14.8 Å². The molecule has 3 rings (SSSR count). The highest BCUT2D eigenvalue weighted by molar-refractivity contribution is 5.92. The number of carbonyl (C=O) groups excluding carboxylic acids is 1. The number of benzene rings is 1. The molecule has 1 N–H and O–H groups in total. The van der Waals surface area contributed by atoms with E-state index in [1.54, 1.807) is 44.9 Å². The van der Waals surface area contributed by atoms with Gasteiger partial charge in [0.1, 0.15) is 23.4 Å². The van der Waals surface area contributed by atoms with Gasteiger partial charge in [-0.15, -0.1) is 0 Å². The molecule has 0 saturated carbocycles. The highest BCUT2D eigenvalue weighted by atomic mass is 16.5. The zero-order chi connectivity index (χ0) is 18.8. The molecule has 1 aliphatic rings. The van der Waals surface area contributed by atoms with Crippen molar-refractivity contribution in [3.8, 4) is 11.5 Å². The van der Waals surface area contributed by atoms with Crippen molar-refractivity contribution in [2.45, 2.75) is 26.8 Å². The first-order valence-electron chi connectivity index (χ1n) is 8.30. The fraction of sp³-hybridized carbons (Fsp3) is 0.389. The minimum atomic E-state index is -0.545. The van der Waals surface area contributed by atoms with Crippen LogP contribution in [0.3, 0.4) is 0 Å². The van der Waals surface area contributed by atoms with Gasteiger partial charge in [0.05, 0.1) is 26.4 Å². The molecule has 0 spiro atoms. The smallest absolute Gasteiger partial charge is 0.338 e. The van der Waals surface area contributed by atoms with Crippen molar-refractivity contribution in [3.63, 3.8) is 0 Å². The Bertz CT molecular complexity index is 872. The van der Waals surface area contributed by atoms with Gasteiger partial charge in [-0.05, 0) is 39.0 Å². The van der Waals surface area contributed by atoms with E-state index >= 15 is 0 Å². The second kappa shape index (κ2) is 7.07. The van der Waals surface area contributed by atoms with Gasteiger partial charge in [-0.25, -0.2) is 9.48 Å². The zero-order valence-electron chi connectivity index (χ0n) is 15.5. The number of aryl methyl sites for hydroxylation is 1. The lowest BCUT2D eigenvalue weighted by molar-refractivity contribution is -0.139. The number of hydrogen-bond acceptors (Lipinski definition) is 7. The fourth-order valence-electron chi connectivity index (χ4n) is 3.07. The van der Waals surface area contributed by atoms with Crippen LogP contribution in [-0.4, -0.2) is 41.6 Å². The van der Waals surface area contributed by atoms with E-state index in [0.29, 0.717) is 34.5 Å². The third-order valence-corrected chi connectivity index (χ3v) is 4.19. The number of rotatable bonds is 5. The number of hydrogen-bond donors (Lipinski definition) is 1. The van der Waals surface area contributed by atoms with Crippen molar-refractivity contribution in [3.05, 3.63) is 40.9 Å². The standard InChI is InChI=1S/C18H22N4O4/c1-6-26-17(23)15-10(2)19-18-20-11(3)21-22(18)16(15)13-9-12(24-4)7-8-14(13)25-5/h7-9,16H,6H2,1-5H3,(H,19,20,21). The average Bonchev–Trinajstić information content (AvgIpc) is 2.99. The van der Waals surface area contributed by atoms with Crippen LogP contribution in [0, 0.1) is 6.92 Å². The van der Waals surface area contributed by atoms with Gasteiger partial charge < -0.3 is 19.5 Å². The molecule has 2 aromatic rings. The fourth-order valence-corrected chi connectivity index (χ4v) is 3.07. The predicted molar refractivity (Wildman–Crippen MR) is 95.4 cm³/mol. The quantitative estimate of drug-likeness (QED) is 0.822. The summed E-state index contributed by atoms with van der Waals surface area (Å²) in [5.41, 5.74) is 1.86. The summed E-state index contributed by atoms with van der Waals surface area (Å²) in [5.74, 6) is 2.01. The molecular weight excluding hydrogens is 336 g/mol. The normalized spacial score (nSPS) is 16.0. The maximum absolute atomic E-state index is 12.7. The van der Waals surface area contributed by atoms with Gasteiger partial charge in [-0.3, -0.25) is 0 Å². The van der Waals surface area contributed by atoms with E-state index in [0.717, 1.165) is 5.56 Å². The maximum atomic E-state index is 12.7. The molecule has 0 amide bonds. The minimum absolute atomic E-state index is 0.279. The summed E-state index contributed by atoms with van der Waals surface area (Å²) in [4.78, 5) is 17.1. The van der Waals surface area contributed by atoms with Crippen LogP contribution in [0.2, 0.25) is 0 Å². The summed E-state index contributed by atoms with van der Waals surface area (Å²) >= 11 is 0. The number of carbonyl (C=O) groups is 1. The van der Waals surface area contributed by atoms with E-state index in [-0.39, 0.29) is 6.61 Å². The summed E-state index contributed by atoms with van der Waals surface area (Å²) in [6.45, 7) is 5.67. The number of allylic oxidation sites excluding steroid dienone is 1. The summed E-state index contributed by atoms with van der Waals surface area (Å²) < 4.78 is 17.8. The van der Waals surface area contributed by atoms with Crippen LogP contribution in [0.5, 0.6) is 11.5 Å². The molecule has 0 radical (unpaired) electrons. The van der Waals surface area contributed by atoms with Gasteiger partial charge in [0, 0.05) is 11.3 Å². The molecule has 26 heavy (non-hydrogen) atoms. The first kappa shape index (κ1) is 17.8. The molecule has 0 saturated heterocycles. The van der Waals surface area contributed by atoms with Crippen LogP contribution in [0.4, 0.5) is 5.95 Å². The number of ether oxygens (including phenoxy) is 3.